The Balaban J connectivity index is 1.57. The Morgan fingerprint density at radius 1 is 1.09 bits per heavy atom. The maximum Gasteiger partial charge on any atom is 0.266 e. The van der Waals surface area contributed by atoms with E-state index in [2.05, 4.69) is 15.5 Å². The highest BCUT2D eigenvalue weighted by Gasteiger charge is 2.15. The topological polar surface area (TPSA) is 85.6 Å². The first-order valence-corrected chi connectivity index (χ1v) is 11.2. The molecule has 0 aliphatic carbocycles. The van der Waals surface area contributed by atoms with Crippen molar-refractivity contribution in [1.82, 2.24) is 15.0 Å². The van der Waals surface area contributed by atoms with E-state index in [1.54, 1.807) is 23.8 Å². The Labute approximate surface area is 195 Å². The molecule has 1 aromatic heterocycles. The van der Waals surface area contributed by atoms with E-state index in [-0.39, 0.29) is 17.2 Å². The van der Waals surface area contributed by atoms with Crippen LogP contribution in [0.25, 0.3) is 16.6 Å². The van der Waals surface area contributed by atoms with Crippen molar-refractivity contribution in [3.05, 3.63) is 94.3 Å². The number of para-hydroxylation sites is 3. The van der Waals surface area contributed by atoms with Gasteiger partial charge in [-0.25, -0.2) is 10.4 Å². The van der Waals surface area contributed by atoms with Gasteiger partial charge in [-0.2, -0.15) is 5.10 Å². The molecule has 0 fully saturated rings. The van der Waals surface area contributed by atoms with Gasteiger partial charge in [0.05, 0.1) is 35.7 Å². The number of hydrogen-bond acceptors (Lipinski definition) is 6. The van der Waals surface area contributed by atoms with Crippen LogP contribution in [0.1, 0.15) is 11.1 Å². The number of hydrogen-bond donors (Lipinski definition) is 1. The summed E-state index contributed by atoms with van der Waals surface area (Å²) in [7, 11) is 1.58. The van der Waals surface area contributed by atoms with Gasteiger partial charge >= 0.3 is 0 Å². The Bertz CT molecular complexity index is 1400. The lowest BCUT2D eigenvalue weighted by atomic mass is 10.2. The normalized spacial score (nSPS) is 11.1. The molecule has 8 heteroatoms. The zero-order chi connectivity index (χ0) is 23.2. The zero-order valence-electron chi connectivity index (χ0n) is 18.2. The smallest absolute Gasteiger partial charge is 0.266 e. The van der Waals surface area contributed by atoms with Gasteiger partial charge in [0.15, 0.2) is 5.16 Å². The first-order valence-electron chi connectivity index (χ1n) is 10.2. The minimum Gasteiger partial charge on any atom is -0.496 e. The molecule has 0 bridgehead atoms. The van der Waals surface area contributed by atoms with Crippen molar-refractivity contribution in [3.8, 4) is 11.4 Å². The first-order chi connectivity index (χ1) is 16.1. The minimum absolute atomic E-state index is 0.0416. The van der Waals surface area contributed by atoms with Gasteiger partial charge in [-0.15, -0.1) is 0 Å². The molecule has 4 aromatic rings. The summed E-state index contributed by atoms with van der Waals surface area (Å²) in [4.78, 5) is 30.4. The molecule has 0 spiro atoms. The van der Waals surface area contributed by atoms with Crippen molar-refractivity contribution in [3.63, 3.8) is 0 Å². The number of amides is 1. The number of carbonyl (C=O) groups excluding carboxylic acids is 1. The summed E-state index contributed by atoms with van der Waals surface area (Å²) in [6.45, 7) is 1.94. The second kappa shape index (κ2) is 10.1. The van der Waals surface area contributed by atoms with Crippen LogP contribution in [0.4, 0.5) is 0 Å². The molecule has 3 aromatic carbocycles. The summed E-state index contributed by atoms with van der Waals surface area (Å²) in [5, 5.41) is 4.98. The molecule has 1 amide bonds. The van der Waals surface area contributed by atoms with Gasteiger partial charge in [-0.1, -0.05) is 54.2 Å². The lowest BCUT2D eigenvalue weighted by molar-refractivity contribution is -0.118. The Kier molecular flexibility index (Phi) is 6.85. The van der Waals surface area contributed by atoms with Gasteiger partial charge in [0.25, 0.3) is 11.5 Å². The summed E-state index contributed by atoms with van der Waals surface area (Å²) < 4.78 is 6.83. The van der Waals surface area contributed by atoms with E-state index in [1.165, 1.54) is 18.0 Å². The third-order valence-electron chi connectivity index (χ3n) is 4.97. The number of benzene rings is 3. The van der Waals surface area contributed by atoms with E-state index in [9.17, 15) is 9.59 Å². The van der Waals surface area contributed by atoms with Crippen LogP contribution in [-0.2, 0) is 4.79 Å². The number of rotatable bonds is 7. The van der Waals surface area contributed by atoms with Crippen LogP contribution in [0.5, 0.6) is 5.75 Å². The number of fused-ring (bicyclic) bond motifs is 1. The molecule has 0 unspecified atom stereocenters. The summed E-state index contributed by atoms with van der Waals surface area (Å²) in [5.74, 6) is 0.386. The maximum absolute atomic E-state index is 13.3. The van der Waals surface area contributed by atoms with Crippen LogP contribution in [0.3, 0.4) is 0 Å². The number of aromatic nitrogens is 2. The second-order valence-corrected chi connectivity index (χ2v) is 8.10. The van der Waals surface area contributed by atoms with E-state index >= 15 is 0 Å². The molecule has 0 aliphatic heterocycles. The quantitative estimate of drug-likeness (QED) is 0.196. The summed E-state index contributed by atoms with van der Waals surface area (Å²) in [6, 6.07) is 22.2. The van der Waals surface area contributed by atoms with Gasteiger partial charge in [-0.05, 0) is 42.8 Å². The molecule has 166 valence electrons. The summed E-state index contributed by atoms with van der Waals surface area (Å²) in [5.41, 5.74) is 5.34. The Hall–Kier alpha value is -3.91. The molecule has 7 nitrogen and oxygen atoms in total. The standard InChI is InChI=1S/C25H22N4O3S/c1-17-9-3-7-13-21(17)29-24(31)19-11-5-6-12-20(19)27-25(29)33-16-23(30)28-26-15-18-10-4-8-14-22(18)32-2/h3-15H,16H2,1-2H3,(H,28,30)/b26-15-. The molecule has 0 aliphatic rings. The third-order valence-corrected chi connectivity index (χ3v) is 5.90. The van der Waals surface area contributed by atoms with Crippen molar-refractivity contribution in [2.24, 2.45) is 5.10 Å². The molecular formula is C25H22N4O3S. The monoisotopic (exact) mass is 458 g/mol. The molecule has 1 N–H and O–H groups in total. The van der Waals surface area contributed by atoms with Crippen LogP contribution in [0.2, 0.25) is 0 Å². The van der Waals surface area contributed by atoms with Gasteiger partial charge < -0.3 is 4.74 Å². The predicted molar refractivity (Wildman–Crippen MR) is 132 cm³/mol. The molecule has 0 saturated carbocycles. The van der Waals surface area contributed by atoms with Gasteiger partial charge in [0.1, 0.15) is 5.75 Å². The largest absolute Gasteiger partial charge is 0.496 e. The predicted octanol–water partition coefficient (Wildman–Crippen LogP) is 3.95. The summed E-state index contributed by atoms with van der Waals surface area (Å²) in [6.07, 6.45) is 1.53. The fourth-order valence-electron chi connectivity index (χ4n) is 3.35. The van der Waals surface area contributed by atoms with Crippen molar-refractivity contribution >= 4 is 34.8 Å². The van der Waals surface area contributed by atoms with Crippen molar-refractivity contribution in [1.29, 1.82) is 0 Å². The van der Waals surface area contributed by atoms with Crippen LogP contribution < -0.4 is 15.7 Å². The average Bonchev–Trinajstić information content (AvgIpc) is 2.84. The number of thioether (sulfide) groups is 1. The van der Waals surface area contributed by atoms with Crippen LogP contribution in [0, 0.1) is 6.92 Å². The molecular weight excluding hydrogens is 436 g/mol. The maximum atomic E-state index is 13.3. The first kappa shape index (κ1) is 22.3. The van der Waals surface area contributed by atoms with Crippen LogP contribution >= 0.6 is 11.8 Å². The molecule has 0 atom stereocenters. The zero-order valence-corrected chi connectivity index (χ0v) is 19.0. The van der Waals surface area contributed by atoms with Gasteiger partial charge in [-0.3, -0.25) is 14.2 Å². The summed E-state index contributed by atoms with van der Waals surface area (Å²) >= 11 is 1.18. The highest BCUT2D eigenvalue weighted by molar-refractivity contribution is 7.99. The van der Waals surface area contributed by atoms with Crippen molar-refractivity contribution < 1.29 is 9.53 Å². The molecule has 33 heavy (non-hydrogen) atoms. The second-order valence-electron chi connectivity index (χ2n) is 7.16. The highest BCUT2D eigenvalue weighted by atomic mass is 32.2. The minimum atomic E-state index is -0.315. The van der Waals surface area contributed by atoms with Crippen LogP contribution in [0.15, 0.2) is 87.8 Å². The lowest BCUT2D eigenvalue weighted by Gasteiger charge is -2.14. The van der Waals surface area contributed by atoms with E-state index in [0.29, 0.717) is 21.8 Å². The van der Waals surface area contributed by atoms with Crippen molar-refractivity contribution in [2.75, 3.05) is 12.9 Å². The Morgan fingerprint density at radius 2 is 1.82 bits per heavy atom. The Morgan fingerprint density at radius 3 is 2.64 bits per heavy atom. The highest BCUT2D eigenvalue weighted by Crippen LogP contribution is 2.23. The number of hydrazone groups is 1. The average molecular weight is 459 g/mol. The molecule has 0 radical (unpaired) electrons. The molecule has 1 heterocycles. The fourth-order valence-corrected chi connectivity index (χ4v) is 4.14. The SMILES string of the molecule is COc1ccccc1/C=N\NC(=O)CSc1nc2ccccc2c(=O)n1-c1ccccc1C. The lowest BCUT2D eigenvalue weighted by Crippen LogP contribution is -2.24. The number of ether oxygens (including phenoxy) is 1. The number of methoxy groups -OCH3 is 1. The third kappa shape index (κ3) is 4.96. The van der Waals surface area contributed by atoms with Gasteiger partial charge in [0, 0.05) is 5.56 Å². The number of carbonyl (C=O) groups is 1. The van der Waals surface area contributed by atoms with E-state index in [0.717, 1.165) is 16.8 Å². The van der Waals surface area contributed by atoms with Crippen LogP contribution in [-0.4, -0.2) is 34.5 Å². The van der Waals surface area contributed by atoms with Crippen molar-refractivity contribution in [2.45, 2.75) is 12.1 Å². The molecule has 4 rings (SSSR count). The van der Waals surface area contributed by atoms with Gasteiger partial charge in [0.2, 0.25) is 0 Å². The van der Waals surface area contributed by atoms with E-state index < -0.39 is 0 Å². The number of nitrogens with zero attached hydrogens (tertiary/aromatic N) is 3. The van der Waals surface area contributed by atoms with E-state index in [4.69, 9.17) is 4.74 Å². The molecule has 0 saturated heterocycles. The van der Waals surface area contributed by atoms with E-state index in [1.807, 2.05) is 67.6 Å². The number of aryl methyl sites for hydroxylation is 1. The number of nitrogens with one attached hydrogen (secondary N) is 1. The fraction of sp³-hybridized carbons (Fsp3) is 0.120.